The molecule has 2 fully saturated rings. The van der Waals surface area contributed by atoms with Crippen molar-refractivity contribution in [2.24, 2.45) is 5.92 Å². The number of rotatable bonds is 6. The highest BCUT2D eigenvalue weighted by molar-refractivity contribution is 7.92. The number of hydrogen-bond donors (Lipinski definition) is 0. The second kappa shape index (κ2) is 8.08. The first-order valence-corrected chi connectivity index (χ1v) is 13.5. The number of aryl methyl sites for hydroxylation is 1. The molecule has 0 radical (unpaired) electrons. The van der Waals surface area contributed by atoms with E-state index in [4.69, 9.17) is 14.7 Å². The molecule has 0 unspecified atom stereocenters. The van der Waals surface area contributed by atoms with E-state index in [9.17, 15) is 13.2 Å². The molecule has 9 nitrogen and oxygen atoms in total. The summed E-state index contributed by atoms with van der Waals surface area (Å²) in [5.41, 5.74) is 4.51. The number of hydrogen-bond acceptors (Lipinski definition) is 6. The van der Waals surface area contributed by atoms with Gasteiger partial charge in [-0.15, -0.1) is 0 Å². The summed E-state index contributed by atoms with van der Waals surface area (Å²) in [6.07, 6.45) is 4.64. The molecule has 0 N–H and O–H groups in total. The predicted octanol–water partition coefficient (Wildman–Crippen LogP) is 3.82. The van der Waals surface area contributed by atoms with Gasteiger partial charge in [0.1, 0.15) is 29.1 Å². The highest BCUT2D eigenvalue weighted by atomic mass is 32.2. The van der Waals surface area contributed by atoms with Gasteiger partial charge < -0.3 is 9.30 Å². The molecular formula is C25H27N5O4S. The molecule has 1 aliphatic heterocycles. The third-order valence-electron chi connectivity index (χ3n) is 7.00. The van der Waals surface area contributed by atoms with E-state index < -0.39 is 10.0 Å². The molecule has 5 heterocycles. The number of pyridine rings is 2. The van der Waals surface area contributed by atoms with Crippen LogP contribution in [0.1, 0.15) is 41.7 Å². The van der Waals surface area contributed by atoms with Crippen LogP contribution in [0.4, 0.5) is 5.82 Å². The van der Waals surface area contributed by atoms with Crippen LogP contribution in [0.15, 0.2) is 30.3 Å². The van der Waals surface area contributed by atoms with E-state index in [1.165, 1.54) is 17.1 Å². The maximum atomic E-state index is 12.7. The number of sulfonamides is 1. The number of aromatic nitrogens is 4. The monoisotopic (exact) mass is 493 g/mol. The lowest BCUT2D eigenvalue weighted by atomic mass is 10.2. The van der Waals surface area contributed by atoms with Gasteiger partial charge in [-0.1, -0.05) is 0 Å². The zero-order valence-corrected chi connectivity index (χ0v) is 20.6. The van der Waals surface area contributed by atoms with Crippen molar-refractivity contribution in [3.8, 4) is 17.3 Å². The number of fused-ring (bicyclic) bond motifs is 2. The third kappa shape index (κ3) is 3.67. The highest BCUT2D eigenvalue weighted by Gasteiger charge is 2.29. The molecule has 4 aromatic rings. The van der Waals surface area contributed by atoms with E-state index in [-0.39, 0.29) is 5.75 Å². The fourth-order valence-electron chi connectivity index (χ4n) is 5.00. The Morgan fingerprint density at radius 1 is 1.14 bits per heavy atom. The summed E-state index contributed by atoms with van der Waals surface area (Å²) in [7, 11) is -1.77. The lowest BCUT2D eigenvalue weighted by Gasteiger charge is -2.27. The Hall–Kier alpha value is -3.40. The van der Waals surface area contributed by atoms with Gasteiger partial charge in [0.05, 0.1) is 24.3 Å². The second-order valence-corrected chi connectivity index (χ2v) is 11.5. The Kier molecular flexibility index (Phi) is 5.10. The molecule has 10 heteroatoms. The maximum absolute atomic E-state index is 12.7. The minimum Gasteiger partial charge on any atom is -0.482 e. The number of anilines is 1. The van der Waals surface area contributed by atoms with Crippen molar-refractivity contribution in [2.45, 2.75) is 39.2 Å². The molecule has 1 saturated carbocycles. The van der Waals surface area contributed by atoms with E-state index in [0.29, 0.717) is 41.8 Å². The van der Waals surface area contributed by atoms with Crippen LogP contribution in [0.5, 0.6) is 5.88 Å². The summed E-state index contributed by atoms with van der Waals surface area (Å²) in [5.74, 6) is 1.75. The lowest BCUT2D eigenvalue weighted by molar-refractivity contribution is 0.112. The molecule has 1 aliphatic carbocycles. The van der Waals surface area contributed by atoms with Crippen LogP contribution in [-0.4, -0.2) is 53.0 Å². The summed E-state index contributed by atoms with van der Waals surface area (Å²) >= 11 is 0. The van der Waals surface area contributed by atoms with Crippen LogP contribution in [0, 0.1) is 12.8 Å². The largest absolute Gasteiger partial charge is 0.482 e. The Labute approximate surface area is 203 Å². The van der Waals surface area contributed by atoms with E-state index in [0.717, 1.165) is 47.4 Å². The average molecular weight is 494 g/mol. The number of carbonyl (C=O) groups is 1. The normalized spacial score (nSPS) is 17.8. The zero-order valence-electron chi connectivity index (χ0n) is 19.8. The van der Waals surface area contributed by atoms with Crippen molar-refractivity contribution in [2.75, 3.05) is 23.7 Å². The van der Waals surface area contributed by atoms with Gasteiger partial charge in [0.2, 0.25) is 10.0 Å². The molecule has 6 rings (SSSR count). The van der Waals surface area contributed by atoms with Gasteiger partial charge in [0, 0.05) is 30.1 Å². The minimum absolute atomic E-state index is 0.159. The fraction of sp³-hybridized carbons (Fsp3) is 0.400. The van der Waals surface area contributed by atoms with Crippen molar-refractivity contribution in [3.63, 3.8) is 0 Å². The molecule has 0 spiro atoms. The second-order valence-electron chi connectivity index (χ2n) is 9.45. The summed E-state index contributed by atoms with van der Waals surface area (Å²) in [5, 5.41) is 0.941. The first-order valence-electron chi connectivity index (χ1n) is 11.9. The van der Waals surface area contributed by atoms with Crippen molar-refractivity contribution < 1.29 is 17.9 Å². The third-order valence-corrected chi connectivity index (χ3v) is 8.85. The van der Waals surface area contributed by atoms with Gasteiger partial charge >= 0.3 is 0 Å². The Morgan fingerprint density at radius 3 is 2.69 bits per heavy atom. The first kappa shape index (κ1) is 22.1. The Balaban J connectivity index is 1.55. The highest BCUT2D eigenvalue weighted by Crippen LogP contribution is 2.37. The van der Waals surface area contributed by atoms with Gasteiger partial charge in [-0.05, 0) is 62.8 Å². The van der Waals surface area contributed by atoms with Crippen LogP contribution < -0.4 is 9.04 Å². The van der Waals surface area contributed by atoms with Gasteiger partial charge in [0.25, 0.3) is 0 Å². The van der Waals surface area contributed by atoms with Gasteiger partial charge in [-0.25, -0.2) is 18.4 Å². The minimum atomic E-state index is -3.35. The number of aldehydes is 1. The molecule has 0 bridgehead atoms. The molecule has 0 amide bonds. The maximum Gasteiger partial charge on any atom is 0.236 e. The van der Waals surface area contributed by atoms with Crippen LogP contribution in [0.25, 0.3) is 28.1 Å². The van der Waals surface area contributed by atoms with Crippen LogP contribution in [0.2, 0.25) is 0 Å². The molecule has 0 atom stereocenters. The van der Waals surface area contributed by atoms with Crippen LogP contribution in [0.3, 0.4) is 0 Å². The molecule has 182 valence electrons. The fourth-order valence-corrected chi connectivity index (χ4v) is 6.58. The summed E-state index contributed by atoms with van der Waals surface area (Å²) in [6.45, 7) is 3.24. The van der Waals surface area contributed by atoms with Gasteiger partial charge in [-0.2, -0.15) is 0 Å². The summed E-state index contributed by atoms with van der Waals surface area (Å²) in [6, 6.07) is 9.26. The number of imidazole rings is 1. The number of ether oxygens (including phenoxy) is 1. The summed E-state index contributed by atoms with van der Waals surface area (Å²) in [4.78, 5) is 21.2. The zero-order chi connectivity index (χ0) is 24.3. The Morgan fingerprint density at radius 2 is 1.97 bits per heavy atom. The molecule has 4 aromatic heterocycles. The van der Waals surface area contributed by atoms with Gasteiger partial charge in [0.15, 0.2) is 5.88 Å². The first-order chi connectivity index (χ1) is 16.9. The molecule has 1 saturated heterocycles. The number of methoxy groups -OCH3 is 1. The van der Waals surface area contributed by atoms with Crippen molar-refractivity contribution in [1.29, 1.82) is 0 Å². The number of nitrogens with zero attached hydrogens (tertiary/aromatic N) is 5. The SMILES string of the molecule is COc1cc(C=O)cc2nc(-c3cc4ccc(N5CCCCS5(=O)=O)nc4n3CC3CC3)c(C)n12. The van der Waals surface area contributed by atoms with Gasteiger partial charge in [-0.3, -0.25) is 13.5 Å². The molecular weight excluding hydrogens is 466 g/mol. The molecule has 0 aromatic carbocycles. The van der Waals surface area contributed by atoms with Crippen molar-refractivity contribution in [1.82, 2.24) is 18.9 Å². The van der Waals surface area contributed by atoms with Crippen LogP contribution in [-0.2, 0) is 16.6 Å². The lowest BCUT2D eigenvalue weighted by Crippen LogP contribution is -2.38. The topological polar surface area (TPSA) is 98.8 Å². The van der Waals surface area contributed by atoms with E-state index in [1.54, 1.807) is 25.3 Å². The standard InChI is InChI=1S/C25H27N5O4S/c1-16-24(26-22-11-18(15-31)12-23(34-2)30(16)22)20-13-19-7-8-21(29-9-3-4-10-35(29,32)33)27-25(19)28(20)14-17-5-6-17/h7-8,11-13,15,17H,3-6,9-10,14H2,1-2H3. The smallest absolute Gasteiger partial charge is 0.236 e. The van der Waals surface area contributed by atoms with Crippen molar-refractivity contribution >= 4 is 38.8 Å². The van der Waals surface area contributed by atoms with Crippen LogP contribution >= 0.6 is 0 Å². The van der Waals surface area contributed by atoms with Crippen molar-refractivity contribution in [3.05, 3.63) is 41.6 Å². The van der Waals surface area contributed by atoms with E-state index in [2.05, 4.69) is 10.6 Å². The summed E-state index contributed by atoms with van der Waals surface area (Å²) < 4.78 is 36.5. The quantitative estimate of drug-likeness (QED) is 0.379. The van der Waals surface area contributed by atoms with E-state index in [1.807, 2.05) is 17.4 Å². The van der Waals surface area contributed by atoms with E-state index >= 15 is 0 Å². The molecule has 35 heavy (non-hydrogen) atoms. The average Bonchev–Trinajstić information content (AvgIpc) is 3.52. The molecule has 2 aliphatic rings. The Bertz CT molecular complexity index is 1580. The predicted molar refractivity (Wildman–Crippen MR) is 134 cm³/mol. The number of carbonyl (C=O) groups excluding carboxylic acids is 1.